The number of benzene rings is 3. The van der Waals surface area contributed by atoms with Crippen molar-refractivity contribution in [3.63, 3.8) is 0 Å². The molecule has 0 atom stereocenters. The summed E-state index contributed by atoms with van der Waals surface area (Å²) in [4.78, 5) is 13.1. The molecule has 6 heteroatoms. The Morgan fingerprint density at radius 3 is 2.50 bits per heavy atom. The van der Waals surface area contributed by atoms with E-state index in [1.165, 1.54) is 6.07 Å². The van der Waals surface area contributed by atoms with Crippen LogP contribution in [0.25, 0.3) is 11.1 Å². The molecule has 1 aliphatic heterocycles. The van der Waals surface area contributed by atoms with Crippen LogP contribution < -0.4 is 20.5 Å². The average molecular weight is 404 g/mol. The predicted molar refractivity (Wildman–Crippen MR) is 112 cm³/mol. The number of fused-ring (bicyclic) bond motifs is 1. The van der Waals surface area contributed by atoms with E-state index in [-0.39, 0.29) is 18.5 Å². The van der Waals surface area contributed by atoms with Gasteiger partial charge >= 0.3 is 0 Å². The van der Waals surface area contributed by atoms with E-state index in [0.29, 0.717) is 29.3 Å². The van der Waals surface area contributed by atoms with Crippen LogP contribution in [-0.2, 0) is 16.8 Å². The first-order valence-corrected chi connectivity index (χ1v) is 9.90. The Bertz CT molecular complexity index is 1120. The van der Waals surface area contributed by atoms with Gasteiger partial charge in [0.1, 0.15) is 5.82 Å². The van der Waals surface area contributed by atoms with Crippen molar-refractivity contribution in [3.05, 3.63) is 77.6 Å². The van der Waals surface area contributed by atoms with Crippen LogP contribution in [0.15, 0.2) is 60.7 Å². The summed E-state index contributed by atoms with van der Waals surface area (Å²) >= 11 is 0. The minimum Gasteiger partial charge on any atom is -0.454 e. The SMILES string of the molecule is NCc1ccc(-c2cc(NC(=O)C3(c4ccc5c(c4)OCO5)CC3)ccc2F)cc1. The number of anilines is 1. The number of hydrogen-bond donors (Lipinski definition) is 2. The van der Waals surface area contributed by atoms with Gasteiger partial charge in [-0.3, -0.25) is 4.79 Å². The number of carbonyl (C=O) groups excluding carboxylic acids is 1. The fraction of sp³-hybridized carbons (Fsp3) is 0.208. The van der Waals surface area contributed by atoms with Crippen LogP contribution in [-0.4, -0.2) is 12.7 Å². The van der Waals surface area contributed by atoms with Crippen molar-refractivity contribution in [2.45, 2.75) is 24.8 Å². The highest BCUT2D eigenvalue weighted by Gasteiger charge is 2.51. The Kier molecular flexibility index (Phi) is 4.44. The summed E-state index contributed by atoms with van der Waals surface area (Å²) < 4.78 is 25.3. The minimum absolute atomic E-state index is 0.0996. The van der Waals surface area contributed by atoms with Gasteiger partial charge in [0.25, 0.3) is 0 Å². The summed E-state index contributed by atoms with van der Waals surface area (Å²) in [5.41, 5.74) is 8.66. The molecule has 3 N–H and O–H groups in total. The van der Waals surface area contributed by atoms with Crippen LogP contribution in [0.4, 0.5) is 10.1 Å². The minimum atomic E-state index is -0.585. The van der Waals surface area contributed by atoms with E-state index in [1.54, 1.807) is 12.1 Å². The molecule has 3 aromatic carbocycles. The monoisotopic (exact) mass is 404 g/mol. The highest BCUT2D eigenvalue weighted by molar-refractivity contribution is 6.01. The maximum atomic E-state index is 14.5. The van der Waals surface area contributed by atoms with Gasteiger partial charge < -0.3 is 20.5 Å². The number of rotatable bonds is 5. The lowest BCUT2D eigenvalue weighted by atomic mass is 9.94. The molecule has 0 radical (unpaired) electrons. The Morgan fingerprint density at radius 1 is 1.00 bits per heavy atom. The standard InChI is InChI=1S/C24H21FN2O3/c25-20-7-6-18(12-19(20)16-3-1-15(13-26)2-4-16)27-23(28)24(9-10-24)17-5-8-21-22(11-17)30-14-29-21/h1-8,11-12H,9-10,13-14,26H2,(H,27,28). The average Bonchev–Trinajstić information content (AvgIpc) is 3.46. The molecule has 0 bridgehead atoms. The Hall–Kier alpha value is -3.38. The molecule has 3 aromatic rings. The highest BCUT2D eigenvalue weighted by atomic mass is 19.1. The molecule has 0 saturated heterocycles. The van der Waals surface area contributed by atoms with Crippen molar-refractivity contribution >= 4 is 11.6 Å². The number of nitrogens with one attached hydrogen (secondary N) is 1. The van der Waals surface area contributed by atoms with Crippen LogP contribution in [0.2, 0.25) is 0 Å². The van der Waals surface area contributed by atoms with Crippen LogP contribution in [0, 0.1) is 5.82 Å². The fourth-order valence-electron chi connectivity index (χ4n) is 3.86. The van der Waals surface area contributed by atoms with E-state index in [1.807, 2.05) is 42.5 Å². The molecule has 1 fully saturated rings. The normalized spacial score (nSPS) is 15.7. The molecule has 0 unspecified atom stereocenters. The molecule has 1 amide bonds. The van der Waals surface area contributed by atoms with Crippen molar-refractivity contribution in [3.8, 4) is 22.6 Å². The zero-order chi connectivity index (χ0) is 20.7. The molecule has 0 aromatic heterocycles. The molecular formula is C24H21FN2O3. The number of carbonyl (C=O) groups is 1. The summed E-state index contributed by atoms with van der Waals surface area (Å²) in [5.74, 6) is 0.915. The van der Waals surface area contributed by atoms with Crippen LogP contribution in [0.3, 0.4) is 0 Å². The molecule has 30 heavy (non-hydrogen) atoms. The largest absolute Gasteiger partial charge is 0.454 e. The second-order valence-corrected chi connectivity index (χ2v) is 7.70. The van der Waals surface area contributed by atoms with E-state index >= 15 is 0 Å². The first-order valence-electron chi connectivity index (χ1n) is 9.90. The summed E-state index contributed by atoms with van der Waals surface area (Å²) in [6.45, 7) is 0.628. The Labute approximate surface area is 173 Å². The zero-order valence-corrected chi connectivity index (χ0v) is 16.3. The van der Waals surface area contributed by atoms with Crippen LogP contribution in [0.1, 0.15) is 24.0 Å². The predicted octanol–water partition coefficient (Wildman–Crippen LogP) is 4.35. The molecule has 0 spiro atoms. The van der Waals surface area contributed by atoms with Crippen LogP contribution in [0.5, 0.6) is 11.5 Å². The van der Waals surface area contributed by atoms with Gasteiger partial charge in [-0.25, -0.2) is 4.39 Å². The maximum Gasteiger partial charge on any atom is 0.235 e. The van der Waals surface area contributed by atoms with E-state index < -0.39 is 5.41 Å². The molecule has 5 nitrogen and oxygen atoms in total. The first kappa shape index (κ1) is 18.6. The van der Waals surface area contributed by atoms with Crippen molar-refractivity contribution in [2.75, 3.05) is 12.1 Å². The maximum absolute atomic E-state index is 14.5. The smallest absolute Gasteiger partial charge is 0.235 e. The topological polar surface area (TPSA) is 73.6 Å². The van der Waals surface area contributed by atoms with Gasteiger partial charge in [-0.05, 0) is 59.9 Å². The summed E-state index contributed by atoms with van der Waals surface area (Å²) in [6, 6.07) is 17.7. The first-order chi connectivity index (χ1) is 14.6. The lowest BCUT2D eigenvalue weighted by Crippen LogP contribution is -2.27. The van der Waals surface area contributed by atoms with Gasteiger partial charge in [-0.1, -0.05) is 30.3 Å². The molecule has 2 aliphatic rings. The fourth-order valence-corrected chi connectivity index (χ4v) is 3.86. The summed E-state index contributed by atoms with van der Waals surface area (Å²) in [6.07, 6.45) is 1.51. The Balaban J connectivity index is 1.39. The number of halogens is 1. The molecule has 152 valence electrons. The second-order valence-electron chi connectivity index (χ2n) is 7.70. The number of amides is 1. The van der Waals surface area contributed by atoms with E-state index in [2.05, 4.69) is 5.32 Å². The third-order valence-corrected chi connectivity index (χ3v) is 5.83. The zero-order valence-electron chi connectivity index (χ0n) is 16.3. The lowest BCUT2D eigenvalue weighted by molar-refractivity contribution is -0.118. The van der Waals surface area contributed by atoms with Gasteiger partial charge in [0.15, 0.2) is 11.5 Å². The molecule has 1 aliphatic carbocycles. The summed E-state index contributed by atoms with van der Waals surface area (Å²) in [7, 11) is 0. The van der Waals surface area contributed by atoms with Gasteiger partial charge in [0, 0.05) is 17.8 Å². The Morgan fingerprint density at radius 2 is 1.77 bits per heavy atom. The number of nitrogens with two attached hydrogens (primary N) is 1. The summed E-state index contributed by atoms with van der Waals surface area (Å²) in [5, 5.41) is 2.97. The molecule has 1 saturated carbocycles. The van der Waals surface area contributed by atoms with E-state index in [9.17, 15) is 9.18 Å². The van der Waals surface area contributed by atoms with Crippen molar-refractivity contribution in [2.24, 2.45) is 5.73 Å². The lowest BCUT2D eigenvalue weighted by Gasteiger charge is -2.17. The van der Waals surface area contributed by atoms with Gasteiger partial charge in [0.2, 0.25) is 12.7 Å². The van der Waals surface area contributed by atoms with E-state index in [4.69, 9.17) is 15.2 Å². The van der Waals surface area contributed by atoms with Crippen LogP contribution >= 0.6 is 0 Å². The van der Waals surface area contributed by atoms with Gasteiger partial charge in [0.05, 0.1) is 5.41 Å². The third-order valence-electron chi connectivity index (χ3n) is 5.83. The number of hydrogen-bond acceptors (Lipinski definition) is 4. The van der Waals surface area contributed by atoms with Crippen molar-refractivity contribution in [1.29, 1.82) is 0 Å². The highest BCUT2D eigenvalue weighted by Crippen LogP contribution is 2.51. The second kappa shape index (κ2) is 7.15. The molecule has 5 rings (SSSR count). The number of ether oxygens (including phenoxy) is 2. The quantitative estimate of drug-likeness (QED) is 0.663. The molecule has 1 heterocycles. The molecular weight excluding hydrogens is 383 g/mol. The third kappa shape index (κ3) is 3.19. The van der Waals surface area contributed by atoms with Crippen molar-refractivity contribution < 1.29 is 18.7 Å². The van der Waals surface area contributed by atoms with Gasteiger partial charge in [-0.15, -0.1) is 0 Å². The van der Waals surface area contributed by atoms with E-state index in [0.717, 1.165) is 29.5 Å². The van der Waals surface area contributed by atoms with Gasteiger partial charge in [-0.2, -0.15) is 0 Å². The van der Waals surface area contributed by atoms with Crippen molar-refractivity contribution in [1.82, 2.24) is 0 Å².